The highest BCUT2D eigenvalue weighted by Crippen LogP contribution is 2.09. The van der Waals surface area contributed by atoms with E-state index in [0.717, 1.165) is 56.4 Å². The summed E-state index contributed by atoms with van der Waals surface area (Å²) in [5.74, 6) is 0.676. The first-order chi connectivity index (χ1) is 14.0. The molecule has 154 valence electrons. The maximum atomic E-state index is 12.3. The van der Waals surface area contributed by atoms with E-state index in [9.17, 15) is 4.79 Å². The van der Waals surface area contributed by atoms with E-state index in [-0.39, 0.29) is 5.56 Å². The molecule has 0 unspecified atom stereocenters. The minimum absolute atomic E-state index is 0.0796. The van der Waals surface area contributed by atoms with Gasteiger partial charge in [0, 0.05) is 64.3 Å². The van der Waals surface area contributed by atoms with Gasteiger partial charge in [0.1, 0.15) is 0 Å². The molecular weight excluding hydrogens is 368 g/mol. The second-order valence-corrected chi connectivity index (χ2v) is 7.74. The summed E-state index contributed by atoms with van der Waals surface area (Å²) in [5.41, 5.74) is 2.97. The molecule has 0 radical (unpaired) electrons. The molecule has 1 saturated heterocycles. The SMILES string of the molecule is Cc1cc(C)n(-c2ccc(=O)n(CCN3CCN(Cc4cn(C)cn4)CC3)n2)n1. The first-order valence-corrected chi connectivity index (χ1v) is 10.0. The molecule has 1 aliphatic heterocycles. The molecule has 9 nitrogen and oxygen atoms in total. The van der Waals surface area contributed by atoms with E-state index in [1.807, 2.05) is 37.9 Å². The molecule has 3 aromatic rings. The van der Waals surface area contributed by atoms with E-state index in [2.05, 4.69) is 31.2 Å². The van der Waals surface area contributed by atoms with E-state index in [1.54, 1.807) is 21.5 Å². The number of aryl methyl sites for hydroxylation is 3. The van der Waals surface area contributed by atoms with Gasteiger partial charge in [0.25, 0.3) is 5.56 Å². The molecule has 0 aromatic carbocycles. The predicted octanol–water partition coefficient (Wildman–Crippen LogP) is 0.597. The summed E-state index contributed by atoms with van der Waals surface area (Å²) in [6.45, 7) is 10.2. The number of aromatic nitrogens is 6. The van der Waals surface area contributed by atoms with Crippen molar-refractivity contribution in [2.45, 2.75) is 26.9 Å². The van der Waals surface area contributed by atoms with Crippen molar-refractivity contribution >= 4 is 0 Å². The van der Waals surface area contributed by atoms with Crippen LogP contribution in [0.15, 0.2) is 35.5 Å². The van der Waals surface area contributed by atoms with Gasteiger partial charge in [-0.15, -0.1) is 5.10 Å². The van der Waals surface area contributed by atoms with Crippen molar-refractivity contribution in [3.05, 3.63) is 58.2 Å². The molecule has 29 heavy (non-hydrogen) atoms. The zero-order chi connectivity index (χ0) is 20.4. The third kappa shape index (κ3) is 4.63. The van der Waals surface area contributed by atoms with Gasteiger partial charge in [-0.2, -0.15) is 5.10 Å². The first-order valence-electron chi connectivity index (χ1n) is 10.0. The highest BCUT2D eigenvalue weighted by molar-refractivity contribution is 5.23. The summed E-state index contributed by atoms with van der Waals surface area (Å²) in [7, 11) is 1.99. The second kappa shape index (κ2) is 8.30. The molecule has 1 fully saturated rings. The fourth-order valence-electron chi connectivity index (χ4n) is 3.76. The van der Waals surface area contributed by atoms with Gasteiger partial charge in [-0.25, -0.2) is 14.3 Å². The highest BCUT2D eigenvalue weighted by atomic mass is 16.1. The van der Waals surface area contributed by atoms with Crippen LogP contribution in [-0.4, -0.2) is 71.6 Å². The fourth-order valence-corrected chi connectivity index (χ4v) is 3.76. The minimum atomic E-state index is -0.0796. The molecule has 0 amide bonds. The van der Waals surface area contributed by atoms with Gasteiger partial charge in [-0.1, -0.05) is 0 Å². The Labute approximate surface area is 170 Å². The number of piperazine rings is 1. The van der Waals surface area contributed by atoms with E-state index in [0.29, 0.717) is 12.4 Å². The van der Waals surface area contributed by atoms with E-state index in [4.69, 9.17) is 0 Å². The highest BCUT2D eigenvalue weighted by Gasteiger charge is 2.18. The van der Waals surface area contributed by atoms with Gasteiger partial charge in [0.2, 0.25) is 0 Å². The van der Waals surface area contributed by atoms with Crippen molar-refractivity contribution in [3.63, 3.8) is 0 Å². The number of rotatable bonds is 6. The fraction of sp³-hybridized carbons (Fsp3) is 0.500. The third-order valence-corrected chi connectivity index (χ3v) is 5.32. The van der Waals surface area contributed by atoms with Crippen LogP contribution in [0.1, 0.15) is 17.1 Å². The van der Waals surface area contributed by atoms with Crippen LogP contribution in [0, 0.1) is 13.8 Å². The maximum Gasteiger partial charge on any atom is 0.266 e. The van der Waals surface area contributed by atoms with Crippen molar-refractivity contribution in [1.82, 2.24) is 38.9 Å². The summed E-state index contributed by atoms with van der Waals surface area (Å²) < 4.78 is 5.31. The average Bonchev–Trinajstić information content (AvgIpc) is 3.26. The lowest BCUT2D eigenvalue weighted by atomic mass is 10.3. The molecule has 0 bridgehead atoms. The van der Waals surface area contributed by atoms with Crippen LogP contribution >= 0.6 is 0 Å². The molecule has 0 aliphatic carbocycles. The Morgan fingerprint density at radius 2 is 1.76 bits per heavy atom. The van der Waals surface area contributed by atoms with Crippen molar-refractivity contribution in [3.8, 4) is 5.82 Å². The largest absolute Gasteiger partial charge is 0.340 e. The maximum absolute atomic E-state index is 12.3. The van der Waals surface area contributed by atoms with Crippen LogP contribution < -0.4 is 5.56 Å². The first kappa shape index (κ1) is 19.5. The molecule has 4 heterocycles. The Balaban J connectivity index is 1.33. The van der Waals surface area contributed by atoms with Crippen LogP contribution in [0.3, 0.4) is 0 Å². The standard InChI is InChI=1S/C20H28N8O/c1-16-12-17(2)28(22-16)19-4-5-20(29)27(23-19)11-10-25-6-8-26(9-7-25)14-18-13-24(3)15-21-18/h4-5,12-13,15H,6-11,14H2,1-3H3. The summed E-state index contributed by atoms with van der Waals surface area (Å²) in [4.78, 5) is 21.5. The van der Waals surface area contributed by atoms with Crippen molar-refractivity contribution in [2.75, 3.05) is 32.7 Å². The Morgan fingerprint density at radius 1 is 1.00 bits per heavy atom. The van der Waals surface area contributed by atoms with Gasteiger partial charge in [-0.3, -0.25) is 14.6 Å². The topological polar surface area (TPSA) is 77.0 Å². The molecule has 9 heteroatoms. The van der Waals surface area contributed by atoms with Gasteiger partial charge >= 0.3 is 0 Å². The van der Waals surface area contributed by atoms with E-state index >= 15 is 0 Å². The van der Waals surface area contributed by atoms with Crippen LogP contribution in [0.2, 0.25) is 0 Å². The lowest BCUT2D eigenvalue weighted by Gasteiger charge is -2.34. The molecule has 1 aliphatic rings. The van der Waals surface area contributed by atoms with Gasteiger partial charge in [0.05, 0.1) is 24.3 Å². The molecule has 0 N–H and O–H groups in total. The quantitative estimate of drug-likeness (QED) is 0.607. The summed E-state index contributed by atoms with van der Waals surface area (Å²) >= 11 is 0. The minimum Gasteiger partial charge on any atom is -0.340 e. The molecular formula is C20H28N8O. The summed E-state index contributed by atoms with van der Waals surface area (Å²) in [5, 5.41) is 8.99. The Hall–Kier alpha value is -2.78. The predicted molar refractivity (Wildman–Crippen MR) is 110 cm³/mol. The molecule has 0 atom stereocenters. The van der Waals surface area contributed by atoms with Gasteiger partial charge in [-0.05, 0) is 26.0 Å². The second-order valence-electron chi connectivity index (χ2n) is 7.74. The van der Waals surface area contributed by atoms with E-state index in [1.165, 1.54) is 0 Å². The number of hydrogen-bond donors (Lipinski definition) is 0. The average molecular weight is 396 g/mol. The molecule has 0 saturated carbocycles. The summed E-state index contributed by atoms with van der Waals surface area (Å²) in [6.07, 6.45) is 3.91. The molecule has 3 aromatic heterocycles. The number of nitrogens with zero attached hydrogens (tertiary/aromatic N) is 8. The van der Waals surface area contributed by atoms with Crippen molar-refractivity contribution in [2.24, 2.45) is 7.05 Å². The summed E-state index contributed by atoms with van der Waals surface area (Å²) in [6, 6.07) is 5.31. The Bertz CT molecular complexity index is 1030. The van der Waals surface area contributed by atoms with Gasteiger partial charge in [0.15, 0.2) is 5.82 Å². The number of imidazole rings is 1. The monoisotopic (exact) mass is 396 g/mol. The Kier molecular flexibility index (Phi) is 5.59. The third-order valence-electron chi connectivity index (χ3n) is 5.32. The van der Waals surface area contributed by atoms with Crippen LogP contribution in [0.5, 0.6) is 0 Å². The van der Waals surface area contributed by atoms with Gasteiger partial charge < -0.3 is 4.57 Å². The molecule has 0 spiro atoms. The normalized spacial score (nSPS) is 15.8. The zero-order valence-electron chi connectivity index (χ0n) is 17.3. The smallest absolute Gasteiger partial charge is 0.266 e. The Morgan fingerprint density at radius 3 is 2.41 bits per heavy atom. The molecule has 4 rings (SSSR count). The van der Waals surface area contributed by atoms with Crippen molar-refractivity contribution < 1.29 is 0 Å². The number of hydrogen-bond acceptors (Lipinski definition) is 6. The van der Waals surface area contributed by atoms with E-state index < -0.39 is 0 Å². The zero-order valence-corrected chi connectivity index (χ0v) is 17.3. The van der Waals surface area contributed by atoms with Crippen LogP contribution in [0.4, 0.5) is 0 Å². The van der Waals surface area contributed by atoms with Crippen molar-refractivity contribution in [1.29, 1.82) is 0 Å². The van der Waals surface area contributed by atoms with Crippen LogP contribution in [0.25, 0.3) is 5.82 Å². The lowest BCUT2D eigenvalue weighted by molar-refractivity contribution is 0.122. The lowest BCUT2D eigenvalue weighted by Crippen LogP contribution is -2.47. The van der Waals surface area contributed by atoms with Crippen LogP contribution in [-0.2, 0) is 20.1 Å².